The molecule has 1 saturated carbocycles. The number of halogens is 1. The lowest BCUT2D eigenvalue weighted by atomic mass is 9.94. The number of sulfonamides is 1. The summed E-state index contributed by atoms with van der Waals surface area (Å²) in [6, 6.07) is 29.5. The van der Waals surface area contributed by atoms with Crippen molar-refractivity contribution in [2.75, 3.05) is 10.8 Å². The molecule has 9 heteroatoms. The first-order valence-electron chi connectivity index (χ1n) is 16.3. The van der Waals surface area contributed by atoms with Gasteiger partial charge in [-0.1, -0.05) is 111 Å². The van der Waals surface area contributed by atoms with Crippen molar-refractivity contribution < 1.29 is 22.4 Å². The molecular weight excluding hydrogens is 614 g/mol. The van der Waals surface area contributed by atoms with Crippen LogP contribution in [0.1, 0.15) is 55.7 Å². The van der Waals surface area contributed by atoms with Gasteiger partial charge in [0.25, 0.3) is 10.0 Å². The van der Waals surface area contributed by atoms with E-state index < -0.39 is 34.3 Å². The highest BCUT2D eigenvalue weighted by molar-refractivity contribution is 7.92. The van der Waals surface area contributed by atoms with Crippen LogP contribution in [0.4, 0.5) is 10.1 Å². The van der Waals surface area contributed by atoms with Gasteiger partial charge in [0.1, 0.15) is 18.4 Å². The van der Waals surface area contributed by atoms with Gasteiger partial charge in [-0.05, 0) is 54.7 Å². The van der Waals surface area contributed by atoms with Gasteiger partial charge in [0.15, 0.2) is 0 Å². The maximum absolute atomic E-state index is 15.2. The molecular formula is C38H42FN3O4S. The number of amides is 2. The van der Waals surface area contributed by atoms with E-state index >= 15 is 4.39 Å². The minimum atomic E-state index is -4.21. The number of nitrogens with one attached hydrogen (secondary N) is 1. The smallest absolute Gasteiger partial charge is 0.264 e. The van der Waals surface area contributed by atoms with Gasteiger partial charge in [-0.15, -0.1) is 0 Å². The van der Waals surface area contributed by atoms with Crippen LogP contribution in [0.2, 0.25) is 0 Å². The van der Waals surface area contributed by atoms with Gasteiger partial charge in [-0.3, -0.25) is 13.9 Å². The van der Waals surface area contributed by atoms with Gasteiger partial charge < -0.3 is 10.2 Å². The Balaban J connectivity index is 1.58. The quantitative estimate of drug-likeness (QED) is 0.174. The highest BCUT2D eigenvalue weighted by Crippen LogP contribution is 2.29. The number of rotatable bonds is 13. The zero-order chi connectivity index (χ0) is 33.2. The largest absolute Gasteiger partial charge is 0.352 e. The summed E-state index contributed by atoms with van der Waals surface area (Å²) in [5.41, 5.74) is 2.18. The lowest BCUT2D eigenvalue weighted by molar-refractivity contribution is -0.140. The van der Waals surface area contributed by atoms with Crippen LogP contribution in [0.15, 0.2) is 114 Å². The van der Waals surface area contributed by atoms with Crippen molar-refractivity contribution in [1.29, 1.82) is 0 Å². The summed E-state index contributed by atoms with van der Waals surface area (Å²) in [5, 5.41) is 3.18. The lowest BCUT2D eigenvalue weighted by Gasteiger charge is -2.35. The normalized spacial score (nSPS) is 14.3. The number of aryl methyl sites for hydroxylation is 1. The molecule has 1 fully saturated rings. The molecule has 4 aromatic rings. The standard InChI is InChI=1S/C38H42FN3O4S/c1-2-30-18-13-15-25-35(30)42(47(45,46)33-22-10-5-11-23-33)28-37(43)41(27-31-19-12-14-24-34(31)39)36(26-29-16-6-3-7-17-29)38(44)40-32-20-8-4-9-21-32/h3,5-7,10-19,22-25,32,36H,2,4,8-9,20-21,26-28H2,1H3,(H,40,44)/t36-/m0/s1. The maximum Gasteiger partial charge on any atom is 0.264 e. The zero-order valence-electron chi connectivity index (χ0n) is 26.7. The highest BCUT2D eigenvalue weighted by Gasteiger charge is 2.36. The minimum absolute atomic E-state index is 0.0219. The molecule has 0 bridgehead atoms. The van der Waals surface area contributed by atoms with Crippen molar-refractivity contribution in [2.45, 2.75) is 75.4 Å². The third-order valence-corrected chi connectivity index (χ3v) is 10.5. The molecule has 0 radical (unpaired) electrons. The molecule has 7 nitrogen and oxygen atoms in total. The molecule has 246 valence electrons. The minimum Gasteiger partial charge on any atom is -0.352 e. The Morgan fingerprint density at radius 2 is 1.40 bits per heavy atom. The average Bonchev–Trinajstić information content (AvgIpc) is 3.10. The fourth-order valence-corrected chi connectivity index (χ4v) is 7.67. The van der Waals surface area contributed by atoms with Crippen LogP contribution in [0.25, 0.3) is 0 Å². The second-order valence-electron chi connectivity index (χ2n) is 12.0. The Labute approximate surface area is 277 Å². The molecule has 4 aromatic carbocycles. The molecule has 0 saturated heterocycles. The van der Waals surface area contributed by atoms with Gasteiger partial charge in [-0.25, -0.2) is 12.8 Å². The summed E-state index contributed by atoms with van der Waals surface area (Å²) < 4.78 is 44.8. The van der Waals surface area contributed by atoms with E-state index in [1.807, 2.05) is 49.4 Å². The molecule has 0 spiro atoms. The summed E-state index contributed by atoms with van der Waals surface area (Å²) in [5.74, 6) is -1.46. The molecule has 1 atom stereocenters. The molecule has 1 N–H and O–H groups in total. The molecule has 5 rings (SSSR count). The van der Waals surface area contributed by atoms with E-state index in [1.54, 1.807) is 48.5 Å². The Hall–Kier alpha value is -4.50. The van der Waals surface area contributed by atoms with Gasteiger partial charge in [0.2, 0.25) is 11.8 Å². The highest BCUT2D eigenvalue weighted by atomic mass is 32.2. The fraction of sp³-hybridized carbons (Fsp3) is 0.316. The first kappa shape index (κ1) is 33.9. The van der Waals surface area contributed by atoms with Crippen LogP contribution < -0.4 is 9.62 Å². The molecule has 47 heavy (non-hydrogen) atoms. The van der Waals surface area contributed by atoms with Crippen molar-refractivity contribution in [1.82, 2.24) is 10.2 Å². The van der Waals surface area contributed by atoms with E-state index in [-0.39, 0.29) is 35.4 Å². The van der Waals surface area contributed by atoms with Gasteiger partial charge in [0, 0.05) is 24.6 Å². The van der Waals surface area contributed by atoms with Gasteiger partial charge in [-0.2, -0.15) is 0 Å². The Kier molecular flexibility index (Phi) is 11.4. The SMILES string of the molecule is CCc1ccccc1N(CC(=O)N(Cc1ccccc1F)[C@@H](Cc1ccccc1)C(=O)NC1CCCCC1)S(=O)(=O)c1ccccc1. The van der Waals surface area contributed by atoms with E-state index in [0.29, 0.717) is 12.1 Å². The number of hydrogen-bond donors (Lipinski definition) is 1. The van der Waals surface area contributed by atoms with Crippen LogP contribution in [0, 0.1) is 5.82 Å². The van der Waals surface area contributed by atoms with Crippen LogP contribution in [0.5, 0.6) is 0 Å². The number of carbonyl (C=O) groups is 2. The predicted octanol–water partition coefficient (Wildman–Crippen LogP) is 6.67. The molecule has 0 aliphatic heterocycles. The van der Waals surface area contributed by atoms with Crippen molar-refractivity contribution >= 4 is 27.5 Å². The summed E-state index contributed by atoms with van der Waals surface area (Å²) in [7, 11) is -4.21. The summed E-state index contributed by atoms with van der Waals surface area (Å²) >= 11 is 0. The molecule has 1 aliphatic rings. The van der Waals surface area contributed by atoms with Crippen molar-refractivity contribution in [2.24, 2.45) is 0 Å². The third-order valence-electron chi connectivity index (χ3n) is 8.77. The van der Waals surface area contributed by atoms with Crippen molar-refractivity contribution in [3.63, 3.8) is 0 Å². The molecule has 0 heterocycles. The Morgan fingerprint density at radius 1 is 0.809 bits per heavy atom. The maximum atomic E-state index is 15.2. The molecule has 0 aromatic heterocycles. The zero-order valence-corrected chi connectivity index (χ0v) is 27.5. The van der Waals surface area contributed by atoms with Gasteiger partial charge >= 0.3 is 0 Å². The number of anilines is 1. The summed E-state index contributed by atoms with van der Waals surface area (Å²) in [6.45, 7) is 1.13. The van der Waals surface area contributed by atoms with Crippen molar-refractivity contribution in [3.8, 4) is 0 Å². The van der Waals surface area contributed by atoms with Gasteiger partial charge in [0.05, 0.1) is 10.6 Å². The Bertz CT molecular complexity index is 1750. The number of hydrogen-bond acceptors (Lipinski definition) is 4. The molecule has 0 unspecified atom stereocenters. The van der Waals surface area contributed by atoms with Crippen LogP contribution in [0.3, 0.4) is 0 Å². The third kappa shape index (κ3) is 8.46. The second kappa shape index (κ2) is 15.9. The molecule has 1 aliphatic carbocycles. The predicted molar refractivity (Wildman–Crippen MR) is 183 cm³/mol. The van der Waals surface area contributed by atoms with E-state index in [4.69, 9.17) is 0 Å². The first-order valence-corrected chi connectivity index (χ1v) is 17.7. The van der Waals surface area contributed by atoms with E-state index in [9.17, 15) is 18.0 Å². The van der Waals surface area contributed by atoms with E-state index in [2.05, 4.69) is 5.32 Å². The van der Waals surface area contributed by atoms with Crippen LogP contribution in [-0.2, 0) is 39.0 Å². The second-order valence-corrected chi connectivity index (χ2v) is 13.8. The number of carbonyl (C=O) groups excluding carboxylic acids is 2. The number of benzene rings is 4. The average molecular weight is 656 g/mol. The fourth-order valence-electron chi connectivity index (χ4n) is 6.19. The monoisotopic (exact) mass is 655 g/mol. The first-order chi connectivity index (χ1) is 22.8. The summed E-state index contributed by atoms with van der Waals surface area (Å²) in [6.07, 6.45) is 5.54. The van der Waals surface area contributed by atoms with E-state index in [1.165, 1.54) is 23.1 Å². The molecule has 2 amide bonds. The lowest BCUT2D eigenvalue weighted by Crippen LogP contribution is -2.55. The van der Waals surface area contributed by atoms with Crippen LogP contribution >= 0.6 is 0 Å². The summed E-state index contributed by atoms with van der Waals surface area (Å²) in [4.78, 5) is 30.2. The van der Waals surface area contributed by atoms with Crippen LogP contribution in [-0.4, -0.2) is 43.8 Å². The topological polar surface area (TPSA) is 86.8 Å². The number of nitrogens with zero attached hydrogens (tertiary/aromatic N) is 2. The number of para-hydroxylation sites is 1. The van der Waals surface area contributed by atoms with E-state index in [0.717, 1.165) is 47.5 Å². The van der Waals surface area contributed by atoms with Crippen molar-refractivity contribution in [3.05, 3.63) is 132 Å². The Morgan fingerprint density at radius 3 is 2.06 bits per heavy atom.